The predicted molar refractivity (Wildman–Crippen MR) is 83.0 cm³/mol. The normalized spacial score (nSPS) is 11.7. The van der Waals surface area contributed by atoms with Crippen molar-refractivity contribution in [1.82, 2.24) is 10.3 Å². The van der Waals surface area contributed by atoms with Gasteiger partial charge in [-0.15, -0.1) is 0 Å². The van der Waals surface area contributed by atoms with Crippen LogP contribution in [0, 0.1) is 0 Å². The molecule has 7 heteroatoms. The van der Waals surface area contributed by atoms with E-state index in [9.17, 15) is 14.7 Å². The number of pyridine rings is 1. The van der Waals surface area contributed by atoms with Gasteiger partial charge < -0.3 is 15.2 Å². The van der Waals surface area contributed by atoms with Crippen LogP contribution in [0.3, 0.4) is 0 Å². The van der Waals surface area contributed by atoms with Crippen molar-refractivity contribution in [2.45, 2.75) is 52.7 Å². The molecule has 0 aliphatic carbocycles. The lowest BCUT2D eigenvalue weighted by Crippen LogP contribution is -2.40. The number of aromatic hydroxyl groups is 1. The van der Waals surface area contributed by atoms with E-state index in [1.165, 1.54) is 12.3 Å². The maximum atomic E-state index is 12.0. The number of carbonyl (C=O) groups excluding carboxylic acids is 2. The van der Waals surface area contributed by atoms with Crippen LogP contribution in [0.5, 0.6) is 5.75 Å². The molecule has 0 radical (unpaired) electrons. The fraction of sp³-hybridized carbons (Fsp3) is 0.533. The summed E-state index contributed by atoms with van der Waals surface area (Å²) in [6.07, 6.45) is 0.613. The zero-order chi connectivity index (χ0) is 17.1. The second-order valence-electron chi connectivity index (χ2n) is 6.92. The van der Waals surface area contributed by atoms with Crippen molar-refractivity contribution >= 4 is 17.7 Å². The summed E-state index contributed by atoms with van der Waals surface area (Å²) in [6, 6.07) is 1.24. The first-order valence-corrected chi connectivity index (χ1v) is 6.89. The van der Waals surface area contributed by atoms with Gasteiger partial charge in [0, 0.05) is 11.6 Å². The number of anilines is 1. The molecule has 1 aromatic heterocycles. The van der Waals surface area contributed by atoms with E-state index in [1.54, 1.807) is 20.8 Å². The van der Waals surface area contributed by atoms with Gasteiger partial charge in [0.2, 0.25) is 0 Å². The van der Waals surface area contributed by atoms with Crippen molar-refractivity contribution in [1.29, 1.82) is 0 Å². The molecule has 0 atom stereocenters. The molecule has 0 fully saturated rings. The van der Waals surface area contributed by atoms with Crippen LogP contribution in [0.25, 0.3) is 0 Å². The third-order valence-electron chi connectivity index (χ3n) is 2.22. The molecule has 0 aliphatic heterocycles. The maximum absolute atomic E-state index is 12.0. The van der Waals surface area contributed by atoms with Crippen molar-refractivity contribution in [2.75, 3.05) is 5.32 Å². The van der Waals surface area contributed by atoms with Crippen molar-refractivity contribution < 1.29 is 19.4 Å². The van der Waals surface area contributed by atoms with Crippen molar-refractivity contribution in [2.24, 2.45) is 0 Å². The highest BCUT2D eigenvalue weighted by molar-refractivity contribution is 5.96. The van der Waals surface area contributed by atoms with Gasteiger partial charge in [-0.2, -0.15) is 0 Å². The predicted octanol–water partition coefficient (Wildman–Crippen LogP) is 2.66. The van der Waals surface area contributed by atoms with Gasteiger partial charge in [-0.1, -0.05) is 0 Å². The number of ether oxygens (including phenoxy) is 1. The monoisotopic (exact) mass is 309 g/mol. The molecule has 3 N–H and O–H groups in total. The molecule has 0 unspecified atom stereocenters. The molecule has 0 saturated heterocycles. The van der Waals surface area contributed by atoms with Crippen LogP contribution in [0.4, 0.5) is 10.5 Å². The third-order valence-corrected chi connectivity index (χ3v) is 2.22. The van der Waals surface area contributed by atoms with Crippen LogP contribution in [-0.4, -0.2) is 33.2 Å². The van der Waals surface area contributed by atoms with Crippen molar-refractivity contribution in [3.8, 4) is 5.75 Å². The Kier molecular flexibility index (Phi) is 5.01. The number of nitrogens with zero attached hydrogens (tertiary/aromatic N) is 1. The summed E-state index contributed by atoms with van der Waals surface area (Å²) in [5, 5.41) is 15.0. The Labute approximate surface area is 130 Å². The van der Waals surface area contributed by atoms with E-state index >= 15 is 0 Å². The summed E-state index contributed by atoms with van der Waals surface area (Å²) < 4.78 is 5.09. The van der Waals surface area contributed by atoms with Gasteiger partial charge in [0.1, 0.15) is 11.4 Å². The highest BCUT2D eigenvalue weighted by atomic mass is 16.6. The molecule has 122 valence electrons. The molecular formula is C15H23N3O4. The smallest absolute Gasteiger partial charge is 0.412 e. The maximum Gasteiger partial charge on any atom is 0.412 e. The van der Waals surface area contributed by atoms with Crippen LogP contribution >= 0.6 is 0 Å². The van der Waals surface area contributed by atoms with Gasteiger partial charge in [-0.05, 0) is 41.5 Å². The fourth-order valence-corrected chi connectivity index (χ4v) is 1.52. The molecule has 0 bridgehead atoms. The summed E-state index contributed by atoms with van der Waals surface area (Å²) in [5.74, 6) is -0.816. The molecule has 1 heterocycles. The summed E-state index contributed by atoms with van der Waals surface area (Å²) in [4.78, 5) is 27.5. The molecular weight excluding hydrogens is 286 g/mol. The van der Waals surface area contributed by atoms with Crippen molar-refractivity contribution in [3.63, 3.8) is 0 Å². The topological polar surface area (TPSA) is 101 Å². The first-order valence-electron chi connectivity index (χ1n) is 6.89. The molecule has 2 amide bonds. The molecule has 0 spiro atoms. The Morgan fingerprint density at radius 1 is 1.18 bits per heavy atom. The van der Waals surface area contributed by atoms with Crippen LogP contribution in [0.1, 0.15) is 52.0 Å². The average molecular weight is 309 g/mol. The quantitative estimate of drug-likeness (QED) is 0.779. The average Bonchev–Trinajstić information content (AvgIpc) is 2.23. The highest BCUT2D eigenvalue weighted by Crippen LogP contribution is 2.20. The van der Waals surface area contributed by atoms with Crippen LogP contribution in [0.15, 0.2) is 12.3 Å². The van der Waals surface area contributed by atoms with E-state index in [0.29, 0.717) is 0 Å². The Morgan fingerprint density at radius 2 is 1.77 bits per heavy atom. The fourth-order valence-electron chi connectivity index (χ4n) is 1.52. The van der Waals surface area contributed by atoms with E-state index in [2.05, 4.69) is 15.6 Å². The molecule has 22 heavy (non-hydrogen) atoms. The first kappa shape index (κ1) is 17.7. The van der Waals surface area contributed by atoms with E-state index in [4.69, 9.17) is 4.74 Å². The number of amides is 2. The summed E-state index contributed by atoms with van der Waals surface area (Å²) in [5.41, 5.74) is -0.950. The second-order valence-corrected chi connectivity index (χ2v) is 6.92. The SMILES string of the molecule is CC(C)(C)NC(=O)c1ncc(NC(=O)OC(C)(C)C)cc1O. The van der Waals surface area contributed by atoms with Crippen LogP contribution in [0.2, 0.25) is 0 Å². The molecule has 1 aromatic rings. The number of aromatic nitrogens is 1. The lowest BCUT2D eigenvalue weighted by Gasteiger charge is -2.21. The summed E-state index contributed by atoms with van der Waals surface area (Å²) in [6.45, 7) is 10.7. The minimum Gasteiger partial charge on any atom is -0.505 e. The number of carbonyl (C=O) groups is 2. The zero-order valence-corrected chi connectivity index (χ0v) is 13.8. The Bertz CT molecular complexity index is 571. The van der Waals surface area contributed by atoms with Gasteiger partial charge in [0.15, 0.2) is 5.69 Å². The van der Waals surface area contributed by atoms with Gasteiger partial charge in [0.25, 0.3) is 5.91 Å². The zero-order valence-electron chi connectivity index (χ0n) is 13.8. The Morgan fingerprint density at radius 3 is 2.23 bits per heavy atom. The number of rotatable bonds is 2. The first-order chi connectivity index (χ1) is 9.87. The van der Waals surface area contributed by atoms with Gasteiger partial charge in [-0.3, -0.25) is 10.1 Å². The van der Waals surface area contributed by atoms with E-state index in [0.717, 1.165) is 0 Å². The molecule has 7 nitrogen and oxygen atoms in total. The minimum absolute atomic E-state index is 0.107. The van der Waals surface area contributed by atoms with Gasteiger partial charge >= 0.3 is 6.09 Å². The minimum atomic E-state index is -0.666. The number of hydrogen-bond acceptors (Lipinski definition) is 5. The second kappa shape index (κ2) is 6.21. The standard InChI is InChI=1S/C15H23N3O4/c1-14(2,3)18-12(20)11-10(19)7-9(8-16-11)17-13(21)22-15(4,5)6/h7-8,19H,1-6H3,(H,17,21)(H,18,20). The lowest BCUT2D eigenvalue weighted by molar-refractivity contribution is 0.0635. The van der Waals surface area contributed by atoms with E-state index in [-0.39, 0.29) is 17.1 Å². The lowest BCUT2D eigenvalue weighted by atomic mass is 10.1. The van der Waals surface area contributed by atoms with Crippen LogP contribution in [-0.2, 0) is 4.74 Å². The largest absolute Gasteiger partial charge is 0.505 e. The molecule has 0 aliphatic rings. The third kappa shape index (κ3) is 5.99. The Balaban J connectivity index is 2.82. The number of hydrogen-bond donors (Lipinski definition) is 3. The van der Waals surface area contributed by atoms with Crippen molar-refractivity contribution in [3.05, 3.63) is 18.0 Å². The van der Waals surface area contributed by atoms with Gasteiger partial charge in [0.05, 0.1) is 11.9 Å². The van der Waals surface area contributed by atoms with Gasteiger partial charge in [-0.25, -0.2) is 9.78 Å². The highest BCUT2D eigenvalue weighted by Gasteiger charge is 2.21. The van der Waals surface area contributed by atoms with E-state index < -0.39 is 23.1 Å². The number of nitrogens with one attached hydrogen (secondary N) is 2. The molecule has 0 aromatic carbocycles. The van der Waals surface area contributed by atoms with Crippen LogP contribution < -0.4 is 10.6 Å². The van der Waals surface area contributed by atoms with E-state index in [1.807, 2.05) is 20.8 Å². The molecule has 1 rings (SSSR count). The summed E-state index contributed by atoms with van der Waals surface area (Å²) >= 11 is 0. The molecule has 0 saturated carbocycles. The Hall–Kier alpha value is -2.31. The summed E-state index contributed by atoms with van der Waals surface area (Å²) in [7, 11) is 0.